The Labute approximate surface area is 116 Å². The van der Waals surface area contributed by atoms with Crippen molar-refractivity contribution in [1.29, 1.82) is 0 Å². The van der Waals surface area contributed by atoms with Crippen LogP contribution in [0.1, 0.15) is 38.7 Å². The van der Waals surface area contributed by atoms with Crippen molar-refractivity contribution in [2.75, 3.05) is 6.54 Å². The monoisotopic (exact) mass is 262 g/mol. The van der Waals surface area contributed by atoms with Crippen molar-refractivity contribution in [1.82, 2.24) is 5.32 Å². The lowest BCUT2D eigenvalue weighted by Crippen LogP contribution is -2.37. The number of carbonyl (C=O) groups is 1. The van der Waals surface area contributed by atoms with Crippen LogP contribution in [-0.2, 0) is 11.2 Å². The second-order valence-electron chi connectivity index (χ2n) is 5.52. The lowest BCUT2D eigenvalue weighted by atomic mass is 10.0. The molecule has 1 aromatic carbocycles. The summed E-state index contributed by atoms with van der Waals surface area (Å²) in [6.45, 7) is 4.96. The number of hydrogen-bond donors (Lipinski definition) is 2. The maximum Gasteiger partial charge on any atom is 0.220 e. The minimum atomic E-state index is 0.0723. The van der Waals surface area contributed by atoms with E-state index in [0.717, 1.165) is 19.3 Å². The van der Waals surface area contributed by atoms with Gasteiger partial charge in [0.05, 0.1) is 0 Å². The van der Waals surface area contributed by atoms with E-state index in [4.69, 9.17) is 5.73 Å². The average molecular weight is 262 g/mol. The van der Waals surface area contributed by atoms with E-state index in [1.54, 1.807) is 0 Å². The average Bonchev–Trinajstić information content (AvgIpc) is 2.41. The number of hydrogen-bond acceptors (Lipinski definition) is 2. The zero-order valence-corrected chi connectivity index (χ0v) is 12.1. The van der Waals surface area contributed by atoms with Crippen molar-refractivity contribution in [2.24, 2.45) is 11.7 Å². The highest BCUT2D eigenvalue weighted by molar-refractivity contribution is 5.76. The Kier molecular flexibility index (Phi) is 7.19. The van der Waals surface area contributed by atoms with E-state index in [9.17, 15) is 4.79 Å². The molecule has 0 aliphatic carbocycles. The molecule has 0 aliphatic heterocycles. The van der Waals surface area contributed by atoms with Crippen LogP contribution in [0, 0.1) is 5.92 Å². The predicted octanol–water partition coefficient (Wildman–Crippen LogP) is 2.50. The molecule has 1 aromatic rings. The predicted molar refractivity (Wildman–Crippen MR) is 79.8 cm³/mol. The number of aryl methyl sites for hydroxylation is 1. The Morgan fingerprint density at radius 3 is 2.53 bits per heavy atom. The lowest BCUT2D eigenvalue weighted by molar-refractivity contribution is -0.121. The first-order valence-electron chi connectivity index (χ1n) is 7.14. The van der Waals surface area contributed by atoms with E-state index in [0.29, 0.717) is 18.9 Å². The SMILES string of the molecule is CC(C)CCC(N)CNC(=O)CCc1ccccc1. The van der Waals surface area contributed by atoms with Gasteiger partial charge in [0.1, 0.15) is 0 Å². The highest BCUT2D eigenvalue weighted by Crippen LogP contribution is 2.05. The van der Waals surface area contributed by atoms with E-state index >= 15 is 0 Å². The van der Waals surface area contributed by atoms with Gasteiger partial charge in [0.2, 0.25) is 5.91 Å². The molecular weight excluding hydrogens is 236 g/mol. The van der Waals surface area contributed by atoms with Crippen LogP contribution >= 0.6 is 0 Å². The molecule has 19 heavy (non-hydrogen) atoms. The number of amides is 1. The minimum Gasteiger partial charge on any atom is -0.355 e. The Morgan fingerprint density at radius 1 is 1.21 bits per heavy atom. The quantitative estimate of drug-likeness (QED) is 0.756. The molecule has 0 saturated heterocycles. The Morgan fingerprint density at radius 2 is 1.89 bits per heavy atom. The van der Waals surface area contributed by atoms with Crippen molar-refractivity contribution in [3.63, 3.8) is 0 Å². The third-order valence-electron chi connectivity index (χ3n) is 3.16. The second kappa shape index (κ2) is 8.70. The fraction of sp³-hybridized carbons (Fsp3) is 0.562. The van der Waals surface area contributed by atoms with Crippen LogP contribution in [-0.4, -0.2) is 18.5 Å². The summed E-state index contributed by atoms with van der Waals surface area (Å²) in [4.78, 5) is 11.7. The summed E-state index contributed by atoms with van der Waals surface area (Å²) in [5.41, 5.74) is 7.16. The fourth-order valence-electron chi connectivity index (χ4n) is 1.89. The van der Waals surface area contributed by atoms with Gasteiger partial charge < -0.3 is 11.1 Å². The molecule has 0 fully saturated rings. The summed E-state index contributed by atoms with van der Waals surface area (Å²) in [6, 6.07) is 10.1. The summed E-state index contributed by atoms with van der Waals surface area (Å²) in [5, 5.41) is 2.91. The van der Waals surface area contributed by atoms with Gasteiger partial charge in [0.15, 0.2) is 0 Å². The van der Waals surface area contributed by atoms with Gasteiger partial charge in [-0.2, -0.15) is 0 Å². The number of benzene rings is 1. The zero-order valence-electron chi connectivity index (χ0n) is 12.1. The molecule has 0 saturated carbocycles. The van der Waals surface area contributed by atoms with Crippen molar-refractivity contribution in [2.45, 2.75) is 45.6 Å². The molecule has 1 unspecified atom stereocenters. The highest BCUT2D eigenvalue weighted by atomic mass is 16.1. The molecule has 0 spiro atoms. The molecule has 3 heteroatoms. The second-order valence-corrected chi connectivity index (χ2v) is 5.52. The molecule has 106 valence electrons. The third kappa shape index (κ3) is 7.62. The van der Waals surface area contributed by atoms with E-state index in [1.807, 2.05) is 30.3 Å². The maximum absolute atomic E-state index is 11.7. The third-order valence-corrected chi connectivity index (χ3v) is 3.16. The van der Waals surface area contributed by atoms with Gasteiger partial charge >= 0.3 is 0 Å². The topological polar surface area (TPSA) is 55.1 Å². The van der Waals surface area contributed by atoms with Crippen LogP contribution in [0.25, 0.3) is 0 Å². The van der Waals surface area contributed by atoms with Gasteiger partial charge in [-0.1, -0.05) is 44.2 Å². The van der Waals surface area contributed by atoms with Gasteiger partial charge in [-0.3, -0.25) is 4.79 Å². The van der Waals surface area contributed by atoms with E-state index in [2.05, 4.69) is 19.2 Å². The number of nitrogens with one attached hydrogen (secondary N) is 1. The highest BCUT2D eigenvalue weighted by Gasteiger charge is 2.07. The Balaban J connectivity index is 2.14. The molecule has 0 bridgehead atoms. The minimum absolute atomic E-state index is 0.0723. The van der Waals surface area contributed by atoms with E-state index < -0.39 is 0 Å². The van der Waals surface area contributed by atoms with Crippen molar-refractivity contribution >= 4 is 5.91 Å². The van der Waals surface area contributed by atoms with E-state index in [1.165, 1.54) is 5.56 Å². The molecule has 0 heterocycles. The van der Waals surface area contributed by atoms with Crippen LogP contribution in [0.15, 0.2) is 30.3 Å². The number of nitrogens with two attached hydrogens (primary N) is 1. The standard InChI is InChI=1S/C16H26N2O/c1-13(2)8-10-15(17)12-18-16(19)11-9-14-6-4-3-5-7-14/h3-7,13,15H,8-12,17H2,1-2H3,(H,18,19). The Bertz CT molecular complexity index is 362. The lowest BCUT2D eigenvalue weighted by Gasteiger charge is -2.14. The molecule has 1 rings (SSSR count). The van der Waals surface area contributed by atoms with Crippen LogP contribution < -0.4 is 11.1 Å². The van der Waals surface area contributed by atoms with Crippen LogP contribution in [0.3, 0.4) is 0 Å². The van der Waals surface area contributed by atoms with Gasteiger partial charge in [-0.05, 0) is 30.7 Å². The van der Waals surface area contributed by atoms with Gasteiger partial charge in [-0.25, -0.2) is 0 Å². The van der Waals surface area contributed by atoms with Crippen LogP contribution in [0.5, 0.6) is 0 Å². The summed E-state index contributed by atoms with van der Waals surface area (Å²) >= 11 is 0. The fourth-order valence-corrected chi connectivity index (χ4v) is 1.89. The number of rotatable bonds is 8. The first kappa shape index (κ1) is 15.7. The summed E-state index contributed by atoms with van der Waals surface area (Å²) < 4.78 is 0. The molecule has 0 radical (unpaired) electrons. The molecular formula is C16H26N2O. The molecule has 0 aliphatic rings. The molecule has 3 N–H and O–H groups in total. The van der Waals surface area contributed by atoms with Crippen LogP contribution in [0.4, 0.5) is 0 Å². The first-order valence-corrected chi connectivity index (χ1v) is 7.14. The van der Waals surface area contributed by atoms with Crippen molar-refractivity contribution in [3.05, 3.63) is 35.9 Å². The molecule has 3 nitrogen and oxygen atoms in total. The molecule has 0 aromatic heterocycles. The van der Waals surface area contributed by atoms with Crippen LogP contribution in [0.2, 0.25) is 0 Å². The normalized spacial score (nSPS) is 12.4. The zero-order chi connectivity index (χ0) is 14.1. The molecule has 1 atom stereocenters. The summed E-state index contributed by atoms with van der Waals surface area (Å²) in [6.07, 6.45) is 3.40. The smallest absolute Gasteiger partial charge is 0.220 e. The maximum atomic E-state index is 11.7. The van der Waals surface area contributed by atoms with Crippen molar-refractivity contribution in [3.8, 4) is 0 Å². The van der Waals surface area contributed by atoms with Gasteiger partial charge in [-0.15, -0.1) is 0 Å². The summed E-state index contributed by atoms with van der Waals surface area (Å²) in [7, 11) is 0. The largest absolute Gasteiger partial charge is 0.355 e. The molecule has 1 amide bonds. The number of carbonyl (C=O) groups excluding carboxylic acids is 1. The van der Waals surface area contributed by atoms with Gasteiger partial charge in [0, 0.05) is 19.0 Å². The van der Waals surface area contributed by atoms with Gasteiger partial charge in [0.25, 0.3) is 0 Å². The van der Waals surface area contributed by atoms with Crippen molar-refractivity contribution < 1.29 is 4.79 Å². The summed E-state index contributed by atoms with van der Waals surface area (Å²) in [5.74, 6) is 0.753. The van der Waals surface area contributed by atoms with E-state index in [-0.39, 0.29) is 11.9 Å². The first-order chi connectivity index (χ1) is 9.08. The Hall–Kier alpha value is -1.35.